The van der Waals surface area contributed by atoms with E-state index in [0.29, 0.717) is 6.42 Å². The van der Waals surface area contributed by atoms with Gasteiger partial charge in [-0.15, -0.1) is 0 Å². The van der Waals surface area contributed by atoms with Crippen molar-refractivity contribution < 1.29 is 37.6 Å². The molecule has 576 valence electrons. The van der Waals surface area contributed by atoms with Crippen LogP contribution in [0.5, 0.6) is 0 Å². The SMILES string of the molecule is CCCCCCC/C=C\C/C=C\CCCCCCCCCCCCCCCCCCCCCCCCCCCCCCCC(=O)OC(COC(=O)CCCCCCCCCCCCCCCCCCCCCCCCCCCCCCCCCCCCC)COP(=O)(O)OCCN. The average molecular weight is 1390 g/mol. The van der Waals surface area contributed by atoms with Crippen LogP contribution in [0.4, 0.5) is 0 Å². The minimum atomic E-state index is -4.39. The summed E-state index contributed by atoms with van der Waals surface area (Å²) in [6.07, 6.45) is 107. The predicted molar refractivity (Wildman–Crippen MR) is 423 cm³/mol. The van der Waals surface area contributed by atoms with E-state index in [4.69, 9.17) is 24.3 Å². The van der Waals surface area contributed by atoms with Gasteiger partial charge in [-0.1, -0.05) is 456 Å². The summed E-state index contributed by atoms with van der Waals surface area (Å²) in [5.74, 6) is -0.795. The van der Waals surface area contributed by atoms with E-state index in [-0.39, 0.29) is 38.6 Å². The highest BCUT2D eigenvalue weighted by Gasteiger charge is 2.26. The van der Waals surface area contributed by atoms with Gasteiger partial charge in [-0.3, -0.25) is 18.6 Å². The maximum atomic E-state index is 12.8. The number of phosphoric ester groups is 1. The van der Waals surface area contributed by atoms with Crippen molar-refractivity contribution in [3.63, 3.8) is 0 Å². The highest BCUT2D eigenvalue weighted by molar-refractivity contribution is 7.47. The number of allylic oxidation sites excluding steroid dienone is 4. The Morgan fingerprint density at radius 2 is 0.536 bits per heavy atom. The second kappa shape index (κ2) is 83.4. The van der Waals surface area contributed by atoms with Crippen LogP contribution in [0.25, 0.3) is 0 Å². The average Bonchev–Trinajstić information content (AvgIpc) is 2.57. The molecule has 0 saturated heterocycles. The Hall–Kier alpha value is -1.51. The molecule has 0 heterocycles. The van der Waals surface area contributed by atoms with Crippen molar-refractivity contribution in [1.29, 1.82) is 0 Å². The number of carbonyl (C=O) groups excluding carboxylic acids is 2. The van der Waals surface area contributed by atoms with Crippen molar-refractivity contribution in [2.45, 2.75) is 495 Å². The standard InChI is InChI=1S/C87H170NO8P/c1-3-5-7-9-11-13-15-17-19-21-23-25-27-29-31-33-35-37-39-40-41-42-43-44-46-48-50-52-54-56-58-60-62-64-66-68-70-72-74-76-78-80-87(90)96-85(84-95-97(91,92)94-82-81-88)83-93-86(89)79-77-75-73-71-69-67-65-63-61-59-57-55-53-51-49-47-45-38-36-34-32-30-28-26-24-22-20-18-16-14-12-10-8-6-4-2/h15,17,21,23,85H,3-14,16,18-20,22,24-84,88H2,1-2H3,(H,91,92)/b17-15-,23-21-. The van der Waals surface area contributed by atoms with Crippen LogP contribution in [-0.2, 0) is 32.7 Å². The molecule has 0 bridgehead atoms. The lowest BCUT2D eigenvalue weighted by Crippen LogP contribution is -2.29. The zero-order valence-electron chi connectivity index (χ0n) is 65.4. The van der Waals surface area contributed by atoms with E-state index in [1.807, 2.05) is 0 Å². The third-order valence-corrected chi connectivity index (χ3v) is 21.3. The fourth-order valence-corrected chi connectivity index (χ4v) is 14.6. The maximum Gasteiger partial charge on any atom is 0.472 e. The Morgan fingerprint density at radius 1 is 0.309 bits per heavy atom. The van der Waals surface area contributed by atoms with Crippen LogP contribution in [0, 0.1) is 0 Å². The van der Waals surface area contributed by atoms with Gasteiger partial charge in [-0.25, -0.2) is 4.57 Å². The molecule has 2 unspecified atom stereocenters. The van der Waals surface area contributed by atoms with E-state index >= 15 is 0 Å². The zero-order chi connectivity index (χ0) is 70.0. The normalized spacial score (nSPS) is 12.8. The smallest absolute Gasteiger partial charge is 0.462 e. The van der Waals surface area contributed by atoms with Gasteiger partial charge in [0.1, 0.15) is 6.61 Å². The first kappa shape index (κ1) is 95.5. The molecule has 0 amide bonds. The second-order valence-electron chi connectivity index (χ2n) is 30.1. The lowest BCUT2D eigenvalue weighted by molar-refractivity contribution is -0.161. The van der Waals surface area contributed by atoms with Gasteiger partial charge in [0, 0.05) is 19.4 Å². The molecule has 0 radical (unpaired) electrons. The van der Waals surface area contributed by atoms with Gasteiger partial charge in [0.05, 0.1) is 13.2 Å². The van der Waals surface area contributed by atoms with Crippen molar-refractivity contribution in [2.24, 2.45) is 5.73 Å². The Balaban J connectivity index is 3.69. The van der Waals surface area contributed by atoms with Gasteiger partial charge < -0.3 is 20.1 Å². The third-order valence-electron chi connectivity index (χ3n) is 20.3. The van der Waals surface area contributed by atoms with Crippen LogP contribution in [0.3, 0.4) is 0 Å². The van der Waals surface area contributed by atoms with Crippen LogP contribution in [-0.4, -0.2) is 49.3 Å². The number of ether oxygens (including phenoxy) is 2. The van der Waals surface area contributed by atoms with Gasteiger partial charge in [-0.05, 0) is 44.9 Å². The van der Waals surface area contributed by atoms with E-state index < -0.39 is 26.5 Å². The quantitative estimate of drug-likeness (QED) is 0.0264. The highest BCUT2D eigenvalue weighted by atomic mass is 31.2. The Morgan fingerprint density at radius 3 is 0.784 bits per heavy atom. The van der Waals surface area contributed by atoms with Crippen molar-refractivity contribution in [1.82, 2.24) is 0 Å². The molecule has 3 N–H and O–H groups in total. The molecule has 0 spiro atoms. The lowest BCUT2D eigenvalue weighted by Gasteiger charge is -2.19. The summed E-state index contributed by atoms with van der Waals surface area (Å²) in [6, 6.07) is 0. The molecular weight excluding hydrogens is 1220 g/mol. The van der Waals surface area contributed by atoms with Gasteiger partial charge in [-0.2, -0.15) is 0 Å². The minimum absolute atomic E-state index is 0.0580. The molecule has 97 heavy (non-hydrogen) atoms. The number of phosphoric acid groups is 1. The van der Waals surface area contributed by atoms with Gasteiger partial charge >= 0.3 is 19.8 Å². The minimum Gasteiger partial charge on any atom is -0.462 e. The van der Waals surface area contributed by atoms with Crippen LogP contribution in [0.15, 0.2) is 24.3 Å². The van der Waals surface area contributed by atoms with E-state index in [9.17, 15) is 19.0 Å². The first-order chi connectivity index (χ1) is 47.8. The summed E-state index contributed by atoms with van der Waals surface area (Å²) < 4.78 is 33.3. The van der Waals surface area contributed by atoms with Crippen LogP contribution in [0.1, 0.15) is 489 Å². The maximum absolute atomic E-state index is 12.8. The summed E-state index contributed by atoms with van der Waals surface area (Å²) >= 11 is 0. The van der Waals surface area contributed by atoms with E-state index in [2.05, 4.69) is 38.2 Å². The van der Waals surface area contributed by atoms with Gasteiger partial charge in [0.25, 0.3) is 0 Å². The number of rotatable bonds is 85. The van der Waals surface area contributed by atoms with E-state index in [1.165, 1.54) is 417 Å². The number of nitrogens with two attached hydrogens (primary N) is 1. The number of unbranched alkanes of at least 4 members (excludes halogenated alkanes) is 68. The van der Waals surface area contributed by atoms with E-state index in [0.717, 1.165) is 38.5 Å². The molecule has 0 aromatic carbocycles. The first-order valence-corrected chi connectivity index (χ1v) is 45.3. The molecule has 10 heteroatoms. The van der Waals surface area contributed by atoms with E-state index in [1.54, 1.807) is 0 Å². The number of carbonyl (C=O) groups is 2. The summed E-state index contributed by atoms with van der Waals surface area (Å²) in [7, 11) is -4.39. The molecule has 0 aliphatic carbocycles. The van der Waals surface area contributed by atoms with Crippen LogP contribution in [0.2, 0.25) is 0 Å². The molecule has 9 nitrogen and oxygen atoms in total. The number of esters is 2. The largest absolute Gasteiger partial charge is 0.472 e. The number of hydrogen-bond acceptors (Lipinski definition) is 8. The van der Waals surface area contributed by atoms with Crippen molar-refractivity contribution in [3.05, 3.63) is 24.3 Å². The second-order valence-corrected chi connectivity index (χ2v) is 31.6. The molecule has 0 rings (SSSR count). The molecule has 0 aliphatic heterocycles. The molecule has 0 fully saturated rings. The molecule has 2 atom stereocenters. The molecule has 0 saturated carbocycles. The first-order valence-electron chi connectivity index (χ1n) is 43.8. The Kier molecular flexibility index (Phi) is 82.1. The van der Waals surface area contributed by atoms with Gasteiger partial charge in [0.15, 0.2) is 6.10 Å². The van der Waals surface area contributed by atoms with Crippen LogP contribution >= 0.6 is 7.82 Å². The fourth-order valence-electron chi connectivity index (χ4n) is 13.9. The summed E-state index contributed by atoms with van der Waals surface area (Å²) in [5.41, 5.74) is 5.42. The zero-order valence-corrected chi connectivity index (χ0v) is 66.3. The Bertz CT molecular complexity index is 1640. The topological polar surface area (TPSA) is 134 Å². The molecule has 0 aliphatic rings. The Labute approximate surface area is 605 Å². The van der Waals surface area contributed by atoms with Gasteiger partial charge in [0.2, 0.25) is 0 Å². The number of hydrogen-bond donors (Lipinski definition) is 2. The van der Waals surface area contributed by atoms with Crippen molar-refractivity contribution >= 4 is 19.8 Å². The van der Waals surface area contributed by atoms with Crippen molar-refractivity contribution in [2.75, 3.05) is 26.4 Å². The summed E-state index contributed by atoms with van der Waals surface area (Å²) in [4.78, 5) is 35.5. The highest BCUT2D eigenvalue weighted by Crippen LogP contribution is 2.43. The molecule has 0 aromatic rings. The summed E-state index contributed by atoms with van der Waals surface area (Å²) in [6.45, 7) is 3.84. The third kappa shape index (κ3) is 83.3. The molecular formula is C87H170NO8P. The van der Waals surface area contributed by atoms with Crippen molar-refractivity contribution in [3.8, 4) is 0 Å². The fraction of sp³-hybridized carbons (Fsp3) is 0.931. The monoisotopic (exact) mass is 1390 g/mol. The predicted octanol–water partition coefficient (Wildman–Crippen LogP) is 29.6. The van der Waals surface area contributed by atoms with Crippen LogP contribution < -0.4 is 5.73 Å². The summed E-state index contributed by atoms with van der Waals surface area (Å²) in [5, 5.41) is 0. The molecule has 0 aromatic heterocycles. The lowest BCUT2D eigenvalue weighted by atomic mass is 10.0.